The summed E-state index contributed by atoms with van der Waals surface area (Å²) in [7, 11) is 0. The first-order valence-corrected chi connectivity index (χ1v) is 9.01. The molecule has 130 valence electrons. The van der Waals surface area contributed by atoms with Crippen LogP contribution < -0.4 is 5.73 Å². The summed E-state index contributed by atoms with van der Waals surface area (Å²) >= 11 is 1.49. The lowest BCUT2D eigenvalue weighted by atomic mass is 10.2. The van der Waals surface area contributed by atoms with Gasteiger partial charge in [-0.15, -0.1) is 0 Å². The van der Waals surface area contributed by atoms with E-state index in [9.17, 15) is 8.78 Å². The van der Waals surface area contributed by atoms with Gasteiger partial charge in [0, 0.05) is 17.9 Å². The predicted molar refractivity (Wildman–Crippen MR) is 101 cm³/mol. The Kier molecular flexibility index (Phi) is 4.34. The molecule has 0 fully saturated rings. The number of anilines is 1. The van der Waals surface area contributed by atoms with E-state index in [-0.39, 0.29) is 0 Å². The average molecular weight is 367 g/mol. The standard InChI is InChI=1S/C20H15F2N3S/c21-14-10-17-19(11-15(14)22)25(18-9-5-4-8-16(18)23)20(24-17)26-12-13-6-2-1-3-7-13/h1-11H,12,23H2. The molecular formula is C20H15F2N3S. The number of hydrogen-bond donors (Lipinski definition) is 1. The number of thioether (sulfide) groups is 1. The number of rotatable bonds is 4. The lowest BCUT2D eigenvalue weighted by Crippen LogP contribution is -2.01. The Morgan fingerprint density at radius 1 is 0.923 bits per heavy atom. The Balaban J connectivity index is 1.85. The molecule has 1 aromatic heterocycles. The fourth-order valence-corrected chi connectivity index (χ4v) is 3.77. The van der Waals surface area contributed by atoms with Crippen LogP contribution in [0.2, 0.25) is 0 Å². The third-order valence-electron chi connectivity index (χ3n) is 4.05. The van der Waals surface area contributed by atoms with Crippen LogP contribution >= 0.6 is 11.8 Å². The number of nitrogens with two attached hydrogens (primary N) is 1. The molecule has 0 aliphatic carbocycles. The Labute approximate surface area is 153 Å². The number of halogens is 2. The lowest BCUT2D eigenvalue weighted by Gasteiger charge is -2.11. The number of nitrogen functional groups attached to an aromatic ring is 1. The van der Waals surface area contributed by atoms with E-state index in [4.69, 9.17) is 5.73 Å². The molecular weight excluding hydrogens is 352 g/mol. The molecule has 26 heavy (non-hydrogen) atoms. The summed E-state index contributed by atoms with van der Waals surface area (Å²) in [5.74, 6) is -1.14. The van der Waals surface area contributed by atoms with Crippen LogP contribution in [0.15, 0.2) is 71.9 Å². The number of benzene rings is 3. The maximum absolute atomic E-state index is 13.9. The first-order chi connectivity index (χ1) is 12.6. The topological polar surface area (TPSA) is 43.8 Å². The van der Waals surface area contributed by atoms with Crippen LogP contribution in [0, 0.1) is 11.6 Å². The lowest BCUT2D eigenvalue weighted by molar-refractivity contribution is 0.510. The van der Waals surface area contributed by atoms with E-state index in [0.29, 0.717) is 33.3 Å². The van der Waals surface area contributed by atoms with Crippen molar-refractivity contribution < 1.29 is 8.78 Å². The summed E-state index contributed by atoms with van der Waals surface area (Å²) < 4.78 is 29.3. The highest BCUT2D eigenvalue weighted by Crippen LogP contribution is 2.32. The zero-order chi connectivity index (χ0) is 18.1. The van der Waals surface area contributed by atoms with Crippen molar-refractivity contribution in [3.8, 4) is 5.69 Å². The van der Waals surface area contributed by atoms with Crippen LogP contribution in [0.1, 0.15) is 5.56 Å². The van der Waals surface area contributed by atoms with E-state index in [1.807, 2.05) is 48.5 Å². The Hall–Kier alpha value is -2.86. The molecule has 3 aromatic carbocycles. The van der Waals surface area contributed by atoms with Gasteiger partial charge in [-0.05, 0) is 17.7 Å². The zero-order valence-corrected chi connectivity index (χ0v) is 14.5. The average Bonchev–Trinajstić information content (AvgIpc) is 2.99. The highest BCUT2D eigenvalue weighted by Gasteiger charge is 2.17. The SMILES string of the molecule is Nc1ccccc1-n1c(SCc2ccccc2)nc2cc(F)c(F)cc21. The molecule has 0 saturated heterocycles. The maximum Gasteiger partial charge on any atom is 0.174 e. The Morgan fingerprint density at radius 2 is 1.62 bits per heavy atom. The van der Waals surface area contributed by atoms with Gasteiger partial charge in [0.2, 0.25) is 0 Å². The van der Waals surface area contributed by atoms with E-state index in [1.165, 1.54) is 11.8 Å². The molecule has 0 radical (unpaired) electrons. The molecule has 4 rings (SSSR count). The van der Waals surface area contributed by atoms with E-state index < -0.39 is 11.6 Å². The van der Waals surface area contributed by atoms with Crippen LogP contribution in [0.4, 0.5) is 14.5 Å². The monoisotopic (exact) mass is 367 g/mol. The van der Waals surface area contributed by atoms with Gasteiger partial charge in [-0.2, -0.15) is 0 Å². The first-order valence-electron chi connectivity index (χ1n) is 8.02. The van der Waals surface area contributed by atoms with E-state index in [0.717, 1.165) is 17.7 Å². The van der Waals surface area contributed by atoms with Gasteiger partial charge < -0.3 is 5.73 Å². The van der Waals surface area contributed by atoms with Crippen LogP contribution in [0.3, 0.4) is 0 Å². The van der Waals surface area contributed by atoms with Crippen molar-refractivity contribution in [3.05, 3.63) is 83.9 Å². The second kappa shape index (κ2) is 6.80. The second-order valence-electron chi connectivity index (χ2n) is 5.82. The highest BCUT2D eigenvalue weighted by molar-refractivity contribution is 7.98. The molecule has 0 bridgehead atoms. The number of hydrogen-bond acceptors (Lipinski definition) is 3. The van der Waals surface area contributed by atoms with Gasteiger partial charge in [-0.25, -0.2) is 13.8 Å². The molecule has 2 N–H and O–H groups in total. The third kappa shape index (κ3) is 3.04. The minimum Gasteiger partial charge on any atom is -0.397 e. The molecule has 6 heteroatoms. The largest absolute Gasteiger partial charge is 0.397 e. The Morgan fingerprint density at radius 3 is 2.38 bits per heavy atom. The second-order valence-corrected chi connectivity index (χ2v) is 6.76. The van der Waals surface area contributed by atoms with Crippen molar-refractivity contribution in [1.82, 2.24) is 9.55 Å². The van der Waals surface area contributed by atoms with Gasteiger partial charge in [0.1, 0.15) is 0 Å². The molecule has 0 atom stereocenters. The number of fused-ring (bicyclic) bond motifs is 1. The predicted octanol–water partition coefficient (Wildman–Crippen LogP) is 5.18. The smallest absolute Gasteiger partial charge is 0.174 e. The van der Waals surface area contributed by atoms with Crippen molar-refractivity contribution in [2.24, 2.45) is 0 Å². The molecule has 0 aliphatic rings. The number of nitrogens with zero attached hydrogens (tertiary/aromatic N) is 2. The van der Waals surface area contributed by atoms with Crippen molar-refractivity contribution in [3.63, 3.8) is 0 Å². The van der Waals surface area contributed by atoms with Gasteiger partial charge in [0.25, 0.3) is 0 Å². The summed E-state index contributed by atoms with van der Waals surface area (Å²) in [6.07, 6.45) is 0. The molecule has 1 heterocycles. The van der Waals surface area contributed by atoms with Crippen LogP contribution in [0.25, 0.3) is 16.7 Å². The molecule has 0 unspecified atom stereocenters. The molecule has 0 saturated carbocycles. The van der Waals surface area contributed by atoms with Gasteiger partial charge in [-0.1, -0.05) is 54.2 Å². The molecule has 3 nitrogen and oxygen atoms in total. The molecule has 0 amide bonds. The fourth-order valence-electron chi connectivity index (χ4n) is 2.79. The maximum atomic E-state index is 13.9. The summed E-state index contributed by atoms with van der Waals surface area (Å²) in [5, 5.41) is 0.631. The number of para-hydroxylation sites is 2. The first kappa shape index (κ1) is 16.6. The van der Waals surface area contributed by atoms with E-state index in [1.54, 1.807) is 10.6 Å². The summed E-state index contributed by atoms with van der Waals surface area (Å²) in [6, 6.07) is 19.5. The minimum absolute atomic E-state index is 0.391. The molecule has 0 spiro atoms. The van der Waals surface area contributed by atoms with Gasteiger partial charge in [-0.3, -0.25) is 4.57 Å². The van der Waals surface area contributed by atoms with Crippen molar-refractivity contribution in [2.75, 3.05) is 5.73 Å². The van der Waals surface area contributed by atoms with E-state index in [2.05, 4.69) is 4.98 Å². The van der Waals surface area contributed by atoms with Crippen LogP contribution in [0.5, 0.6) is 0 Å². The molecule has 0 aliphatic heterocycles. The third-order valence-corrected chi connectivity index (χ3v) is 5.06. The highest BCUT2D eigenvalue weighted by atomic mass is 32.2. The quantitative estimate of drug-likeness (QED) is 0.399. The van der Waals surface area contributed by atoms with Crippen molar-refractivity contribution >= 4 is 28.5 Å². The zero-order valence-electron chi connectivity index (χ0n) is 13.7. The van der Waals surface area contributed by atoms with Crippen LogP contribution in [-0.4, -0.2) is 9.55 Å². The van der Waals surface area contributed by atoms with Crippen molar-refractivity contribution in [1.29, 1.82) is 0 Å². The van der Waals surface area contributed by atoms with Crippen molar-refractivity contribution in [2.45, 2.75) is 10.9 Å². The van der Waals surface area contributed by atoms with Crippen LogP contribution in [-0.2, 0) is 5.75 Å². The summed E-state index contributed by atoms with van der Waals surface area (Å²) in [4.78, 5) is 4.51. The summed E-state index contributed by atoms with van der Waals surface area (Å²) in [6.45, 7) is 0. The number of imidazole rings is 1. The Bertz CT molecular complexity index is 1080. The molecule has 4 aromatic rings. The van der Waals surface area contributed by atoms with Gasteiger partial charge in [0.05, 0.1) is 22.4 Å². The van der Waals surface area contributed by atoms with Gasteiger partial charge in [0.15, 0.2) is 16.8 Å². The fraction of sp³-hybridized carbons (Fsp3) is 0.0500. The number of aromatic nitrogens is 2. The summed E-state index contributed by atoms with van der Waals surface area (Å²) in [5.41, 5.74) is 9.36. The minimum atomic E-state index is -0.914. The van der Waals surface area contributed by atoms with E-state index >= 15 is 0 Å². The normalized spacial score (nSPS) is 11.2. The van der Waals surface area contributed by atoms with Gasteiger partial charge >= 0.3 is 0 Å².